The maximum atomic E-state index is 12.9. The smallest absolute Gasteiger partial charge is 0.124 e. The Bertz CT molecular complexity index is 465. The molecule has 0 atom stereocenters. The fraction of sp³-hybridized carbons (Fsp3) is 0.364. The highest BCUT2D eigenvalue weighted by atomic mass is 32.1. The summed E-state index contributed by atoms with van der Waals surface area (Å²) in [6, 6.07) is 4.86. The summed E-state index contributed by atoms with van der Waals surface area (Å²) >= 11 is 1.37. The fourth-order valence-electron chi connectivity index (χ4n) is 1.47. The van der Waals surface area contributed by atoms with Crippen LogP contribution in [0.4, 0.5) is 4.39 Å². The first-order valence-corrected chi connectivity index (χ1v) is 5.62. The van der Waals surface area contributed by atoms with Crippen molar-refractivity contribution in [3.05, 3.63) is 29.7 Å². The van der Waals surface area contributed by atoms with Crippen LogP contribution in [-0.2, 0) is 6.42 Å². The molecule has 2 aromatic rings. The molecule has 80 valence electrons. The van der Waals surface area contributed by atoms with Crippen LogP contribution in [0.5, 0.6) is 0 Å². The minimum absolute atomic E-state index is 0.190. The number of likely N-dealkylation sites (N-methyl/N-ethyl adjacent to an activating group) is 1. The average Bonchev–Trinajstić information content (AvgIpc) is 2.57. The molecule has 0 bridgehead atoms. The van der Waals surface area contributed by atoms with Crippen molar-refractivity contribution in [2.75, 3.05) is 20.6 Å². The molecule has 0 saturated carbocycles. The minimum atomic E-state index is -0.190. The predicted molar refractivity (Wildman–Crippen MR) is 61.8 cm³/mol. The van der Waals surface area contributed by atoms with Crippen molar-refractivity contribution in [3.63, 3.8) is 0 Å². The monoisotopic (exact) mass is 224 g/mol. The van der Waals surface area contributed by atoms with Crippen LogP contribution < -0.4 is 0 Å². The zero-order valence-electron chi connectivity index (χ0n) is 8.83. The lowest BCUT2D eigenvalue weighted by Gasteiger charge is -2.07. The van der Waals surface area contributed by atoms with Crippen LogP contribution in [0.1, 0.15) is 5.69 Å². The zero-order chi connectivity index (χ0) is 10.8. The van der Waals surface area contributed by atoms with Crippen molar-refractivity contribution in [1.29, 1.82) is 0 Å². The Balaban J connectivity index is 2.29. The third-order valence-electron chi connectivity index (χ3n) is 2.30. The van der Waals surface area contributed by atoms with E-state index in [1.807, 2.05) is 20.2 Å². The molecule has 15 heavy (non-hydrogen) atoms. The van der Waals surface area contributed by atoms with E-state index in [1.54, 1.807) is 6.07 Å². The summed E-state index contributed by atoms with van der Waals surface area (Å²) in [5.74, 6) is -0.190. The second-order valence-corrected chi connectivity index (χ2v) is 4.63. The number of rotatable bonds is 3. The lowest BCUT2D eigenvalue weighted by Crippen LogP contribution is -2.15. The molecule has 0 aliphatic rings. The average molecular weight is 224 g/mol. The summed E-state index contributed by atoms with van der Waals surface area (Å²) in [5, 5.41) is 1.09. The van der Waals surface area contributed by atoms with Gasteiger partial charge in [-0.3, -0.25) is 0 Å². The van der Waals surface area contributed by atoms with Gasteiger partial charge < -0.3 is 4.90 Å². The maximum absolute atomic E-state index is 12.9. The third kappa shape index (κ3) is 2.33. The van der Waals surface area contributed by atoms with Gasteiger partial charge in [0, 0.05) is 18.4 Å². The summed E-state index contributed by atoms with van der Waals surface area (Å²) in [6.07, 6.45) is 0.915. The van der Waals surface area contributed by atoms with Crippen molar-refractivity contribution in [2.45, 2.75) is 6.42 Å². The van der Waals surface area contributed by atoms with E-state index < -0.39 is 0 Å². The van der Waals surface area contributed by atoms with Gasteiger partial charge in [-0.15, -0.1) is 0 Å². The molecule has 1 aromatic carbocycles. The molecule has 2 rings (SSSR count). The van der Waals surface area contributed by atoms with Crippen molar-refractivity contribution < 1.29 is 4.39 Å². The number of hydrogen-bond acceptors (Lipinski definition) is 3. The van der Waals surface area contributed by atoms with Gasteiger partial charge in [0.25, 0.3) is 0 Å². The molecular weight excluding hydrogens is 211 g/mol. The largest absolute Gasteiger partial charge is 0.309 e. The summed E-state index contributed by atoms with van der Waals surface area (Å²) in [4.78, 5) is 2.12. The number of fused-ring (bicyclic) bond motifs is 1. The van der Waals surface area contributed by atoms with E-state index in [1.165, 1.54) is 17.6 Å². The lowest BCUT2D eigenvalue weighted by atomic mass is 10.2. The Labute approximate surface area is 92.5 Å². The van der Waals surface area contributed by atoms with Crippen molar-refractivity contribution in [1.82, 2.24) is 9.27 Å². The normalized spacial score (nSPS) is 11.5. The Morgan fingerprint density at radius 3 is 2.93 bits per heavy atom. The first-order chi connectivity index (χ1) is 7.16. The molecule has 4 heteroatoms. The fourth-order valence-corrected chi connectivity index (χ4v) is 2.32. The molecule has 0 fully saturated rings. The number of aromatic nitrogens is 1. The van der Waals surface area contributed by atoms with Crippen LogP contribution >= 0.6 is 11.5 Å². The van der Waals surface area contributed by atoms with Gasteiger partial charge in [0.15, 0.2) is 0 Å². The van der Waals surface area contributed by atoms with Crippen LogP contribution in [0.2, 0.25) is 0 Å². The predicted octanol–water partition coefficient (Wildman–Crippen LogP) is 2.54. The molecular formula is C11H13FN2S. The van der Waals surface area contributed by atoms with Gasteiger partial charge in [-0.1, -0.05) is 0 Å². The number of halogens is 1. The summed E-state index contributed by atoms with van der Waals surface area (Å²) < 4.78 is 18.2. The highest BCUT2D eigenvalue weighted by molar-refractivity contribution is 7.13. The van der Waals surface area contributed by atoms with Crippen LogP contribution in [-0.4, -0.2) is 29.9 Å². The standard InChI is InChI=1S/C11H13FN2S/c1-14(2)6-5-10-9-4-3-8(12)7-11(9)15-13-10/h3-4,7H,5-6H2,1-2H3. The van der Waals surface area contributed by atoms with Gasteiger partial charge in [-0.2, -0.15) is 4.37 Å². The van der Waals surface area contributed by atoms with E-state index >= 15 is 0 Å². The second kappa shape index (κ2) is 4.24. The lowest BCUT2D eigenvalue weighted by molar-refractivity contribution is 0.413. The Morgan fingerprint density at radius 2 is 2.20 bits per heavy atom. The van der Waals surface area contributed by atoms with E-state index in [0.717, 1.165) is 28.7 Å². The van der Waals surface area contributed by atoms with E-state index in [9.17, 15) is 4.39 Å². The van der Waals surface area contributed by atoms with Crippen molar-refractivity contribution >= 4 is 21.6 Å². The Morgan fingerprint density at radius 1 is 1.40 bits per heavy atom. The zero-order valence-corrected chi connectivity index (χ0v) is 9.64. The van der Waals surface area contributed by atoms with E-state index in [2.05, 4.69) is 9.27 Å². The molecule has 0 spiro atoms. The first kappa shape index (κ1) is 10.5. The summed E-state index contributed by atoms with van der Waals surface area (Å²) in [7, 11) is 4.07. The molecule has 0 aliphatic carbocycles. The first-order valence-electron chi connectivity index (χ1n) is 4.85. The van der Waals surface area contributed by atoms with Crippen LogP contribution in [0.25, 0.3) is 10.1 Å². The Kier molecular flexibility index (Phi) is 2.98. The minimum Gasteiger partial charge on any atom is -0.309 e. The van der Waals surface area contributed by atoms with E-state index in [-0.39, 0.29) is 5.82 Å². The topological polar surface area (TPSA) is 16.1 Å². The quantitative estimate of drug-likeness (QED) is 0.796. The second-order valence-electron chi connectivity index (χ2n) is 3.82. The number of nitrogens with zero attached hydrogens (tertiary/aromatic N) is 2. The van der Waals surface area contributed by atoms with Gasteiger partial charge in [-0.05, 0) is 43.8 Å². The maximum Gasteiger partial charge on any atom is 0.124 e. The highest BCUT2D eigenvalue weighted by Gasteiger charge is 2.06. The molecule has 0 aliphatic heterocycles. The van der Waals surface area contributed by atoms with Gasteiger partial charge >= 0.3 is 0 Å². The summed E-state index contributed by atoms with van der Waals surface area (Å²) in [5.41, 5.74) is 1.07. The van der Waals surface area contributed by atoms with E-state index in [4.69, 9.17) is 0 Å². The van der Waals surface area contributed by atoms with Gasteiger partial charge in [0.2, 0.25) is 0 Å². The molecule has 0 amide bonds. The van der Waals surface area contributed by atoms with Crippen LogP contribution in [0, 0.1) is 5.82 Å². The number of benzene rings is 1. The Hall–Kier alpha value is -1.00. The molecule has 0 saturated heterocycles. The molecule has 2 nitrogen and oxygen atoms in total. The van der Waals surface area contributed by atoms with Crippen molar-refractivity contribution in [3.8, 4) is 0 Å². The molecule has 0 radical (unpaired) electrons. The summed E-state index contributed by atoms with van der Waals surface area (Å²) in [6.45, 7) is 0.968. The molecule has 1 aromatic heterocycles. The van der Waals surface area contributed by atoms with Crippen molar-refractivity contribution in [2.24, 2.45) is 0 Å². The van der Waals surface area contributed by atoms with Gasteiger partial charge in [0.05, 0.1) is 10.4 Å². The highest BCUT2D eigenvalue weighted by Crippen LogP contribution is 2.23. The third-order valence-corrected chi connectivity index (χ3v) is 3.15. The molecule has 0 N–H and O–H groups in total. The molecule has 1 heterocycles. The van der Waals surface area contributed by atoms with E-state index in [0.29, 0.717) is 0 Å². The molecule has 0 unspecified atom stereocenters. The number of hydrogen-bond donors (Lipinski definition) is 0. The van der Waals surface area contributed by atoms with Gasteiger partial charge in [0.1, 0.15) is 5.82 Å². The van der Waals surface area contributed by atoms with Crippen LogP contribution in [0.15, 0.2) is 18.2 Å². The van der Waals surface area contributed by atoms with Crippen LogP contribution in [0.3, 0.4) is 0 Å². The van der Waals surface area contributed by atoms with Gasteiger partial charge in [-0.25, -0.2) is 4.39 Å². The SMILES string of the molecule is CN(C)CCc1nsc2cc(F)ccc12.